The Morgan fingerprint density at radius 2 is 1.62 bits per heavy atom. The molecule has 8 nitrogen and oxygen atoms in total. The minimum atomic E-state index is -1.01. The van der Waals surface area contributed by atoms with Gasteiger partial charge in [-0.05, 0) is 42.0 Å². The number of carbonyl (C=O) groups is 3. The number of carbonyl (C=O) groups excluding carboxylic acids is 3. The van der Waals surface area contributed by atoms with Gasteiger partial charge in [0, 0.05) is 38.0 Å². The summed E-state index contributed by atoms with van der Waals surface area (Å²) in [5.74, 6) is -0.130. The van der Waals surface area contributed by atoms with Crippen LogP contribution in [0.25, 0.3) is 0 Å². The molecule has 0 radical (unpaired) electrons. The van der Waals surface area contributed by atoms with Gasteiger partial charge < -0.3 is 19.7 Å². The molecular formula is C30H30ClN3O5. The van der Waals surface area contributed by atoms with Crippen molar-refractivity contribution in [2.24, 2.45) is 0 Å². The summed E-state index contributed by atoms with van der Waals surface area (Å²) in [4.78, 5) is 43.8. The van der Waals surface area contributed by atoms with Gasteiger partial charge in [-0.25, -0.2) is 0 Å². The fraction of sp³-hybridized carbons (Fsp3) is 0.300. The van der Waals surface area contributed by atoms with Crippen molar-refractivity contribution in [2.45, 2.75) is 31.2 Å². The summed E-state index contributed by atoms with van der Waals surface area (Å²) >= 11 is 6.26. The van der Waals surface area contributed by atoms with Gasteiger partial charge in [-0.1, -0.05) is 54.1 Å². The number of amides is 3. The van der Waals surface area contributed by atoms with E-state index < -0.39 is 11.8 Å². The van der Waals surface area contributed by atoms with Crippen LogP contribution in [0.3, 0.4) is 0 Å². The fourth-order valence-corrected chi connectivity index (χ4v) is 5.42. The normalized spacial score (nSPS) is 18.2. The van der Waals surface area contributed by atoms with Crippen LogP contribution in [0.4, 0.5) is 0 Å². The first-order chi connectivity index (χ1) is 18.9. The van der Waals surface area contributed by atoms with Crippen molar-refractivity contribution in [3.63, 3.8) is 0 Å². The summed E-state index contributed by atoms with van der Waals surface area (Å²) in [6.07, 6.45) is 0.737. The molecule has 3 aromatic carbocycles. The molecule has 1 atom stereocenters. The molecule has 0 bridgehead atoms. The molecule has 1 spiro atoms. The van der Waals surface area contributed by atoms with E-state index in [4.69, 9.17) is 21.1 Å². The molecule has 2 aliphatic heterocycles. The molecule has 9 heteroatoms. The number of hydrogen-bond acceptors (Lipinski definition) is 5. The zero-order chi connectivity index (χ0) is 27.4. The molecule has 3 amide bonds. The summed E-state index contributed by atoms with van der Waals surface area (Å²) in [6, 6.07) is 22.5. The van der Waals surface area contributed by atoms with Crippen molar-refractivity contribution in [3.05, 3.63) is 101 Å². The highest BCUT2D eigenvalue weighted by Gasteiger charge is 2.54. The zero-order valence-corrected chi connectivity index (χ0v) is 22.4. The number of halogens is 1. The molecule has 0 aliphatic carbocycles. The van der Waals surface area contributed by atoms with Gasteiger partial charge in [0.1, 0.15) is 17.5 Å². The Balaban J connectivity index is 1.37. The summed E-state index contributed by atoms with van der Waals surface area (Å²) in [7, 11) is 1.56. The van der Waals surface area contributed by atoms with Crippen molar-refractivity contribution in [1.82, 2.24) is 15.1 Å². The lowest BCUT2D eigenvalue weighted by Gasteiger charge is -2.44. The second kappa shape index (κ2) is 11.5. The van der Waals surface area contributed by atoms with E-state index in [2.05, 4.69) is 5.32 Å². The van der Waals surface area contributed by atoms with Crippen molar-refractivity contribution in [3.8, 4) is 5.75 Å². The molecule has 39 heavy (non-hydrogen) atoms. The van der Waals surface area contributed by atoms with Crippen molar-refractivity contribution in [1.29, 1.82) is 0 Å². The number of methoxy groups -OCH3 is 1. The molecule has 2 aliphatic rings. The van der Waals surface area contributed by atoms with Crippen LogP contribution < -0.4 is 10.1 Å². The Bertz CT molecular complexity index is 1340. The predicted octanol–water partition coefficient (Wildman–Crippen LogP) is 4.14. The number of piperidine rings is 1. The molecule has 0 unspecified atom stereocenters. The first kappa shape index (κ1) is 26.7. The number of ether oxygens (including phenoxy) is 2. The standard InChI is InChI=1S/C30H30ClN3O5/c1-38-23-13-11-22(12-14-23)28(36)34-26(27(35)32-19-21-7-3-2-4-8-21)20-39-30(34)15-17-33(18-16-30)29(37)24-9-5-6-10-25(24)31/h2-14,26H,15-20H2,1H3,(H,32,35)/t26-/m0/s1. The van der Waals surface area contributed by atoms with Gasteiger partial charge >= 0.3 is 0 Å². The van der Waals surface area contributed by atoms with Crippen LogP contribution in [0.15, 0.2) is 78.9 Å². The average molecular weight is 548 g/mol. The summed E-state index contributed by atoms with van der Waals surface area (Å²) in [5, 5.41) is 3.35. The Kier molecular flexibility index (Phi) is 7.86. The maximum atomic E-state index is 13.9. The lowest BCUT2D eigenvalue weighted by atomic mass is 9.96. The van der Waals surface area contributed by atoms with E-state index in [0.717, 1.165) is 5.56 Å². The van der Waals surface area contributed by atoms with E-state index in [1.807, 2.05) is 30.3 Å². The molecule has 0 saturated carbocycles. The Morgan fingerprint density at radius 1 is 0.949 bits per heavy atom. The number of hydrogen-bond donors (Lipinski definition) is 1. The number of nitrogens with zero attached hydrogens (tertiary/aromatic N) is 2. The van der Waals surface area contributed by atoms with Gasteiger partial charge in [-0.15, -0.1) is 0 Å². The third kappa shape index (κ3) is 5.48. The minimum absolute atomic E-state index is 0.0704. The molecule has 5 rings (SSSR count). The molecule has 2 heterocycles. The first-order valence-corrected chi connectivity index (χ1v) is 13.3. The van der Waals surface area contributed by atoms with E-state index >= 15 is 0 Å². The largest absolute Gasteiger partial charge is 0.497 e. The number of rotatable bonds is 6. The van der Waals surface area contributed by atoms with E-state index in [0.29, 0.717) is 54.4 Å². The van der Waals surface area contributed by atoms with Crippen molar-refractivity contribution >= 4 is 29.3 Å². The van der Waals surface area contributed by atoms with Crippen molar-refractivity contribution < 1.29 is 23.9 Å². The third-order valence-corrected chi connectivity index (χ3v) is 7.69. The average Bonchev–Trinajstić information content (AvgIpc) is 3.34. The van der Waals surface area contributed by atoms with Gasteiger partial charge in [0.15, 0.2) is 0 Å². The van der Waals surface area contributed by atoms with Crippen LogP contribution in [-0.2, 0) is 16.1 Å². The van der Waals surface area contributed by atoms with Crippen LogP contribution in [-0.4, -0.2) is 66.1 Å². The second-order valence-corrected chi connectivity index (χ2v) is 10.1. The van der Waals surface area contributed by atoms with Gasteiger partial charge in [0.05, 0.1) is 24.3 Å². The highest BCUT2D eigenvalue weighted by atomic mass is 35.5. The fourth-order valence-electron chi connectivity index (χ4n) is 5.21. The molecule has 2 fully saturated rings. The van der Waals surface area contributed by atoms with Crippen molar-refractivity contribution in [2.75, 3.05) is 26.8 Å². The molecule has 3 aromatic rings. The van der Waals surface area contributed by atoms with E-state index in [1.165, 1.54) is 0 Å². The Hall–Kier alpha value is -3.88. The SMILES string of the molecule is COc1ccc(C(=O)N2[C@H](C(=O)NCc3ccccc3)COC23CCN(C(=O)c2ccccc2Cl)CC3)cc1. The van der Waals surface area contributed by atoms with Gasteiger partial charge in [-0.3, -0.25) is 19.3 Å². The van der Waals surface area contributed by atoms with E-state index in [-0.39, 0.29) is 24.3 Å². The Labute approximate surface area is 232 Å². The quantitative estimate of drug-likeness (QED) is 0.501. The number of benzene rings is 3. The van der Waals surface area contributed by atoms with E-state index in [1.54, 1.807) is 65.4 Å². The van der Waals surface area contributed by atoms with E-state index in [9.17, 15) is 14.4 Å². The second-order valence-electron chi connectivity index (χ2n) is 9.65. The van der Waals surface area contributed by atoms with Crippen LogP contribution in [0.1, 0.15) is 39.1 Å². The summed E-state index contributed by atoms with van der Waals surface area (Å²) < 4.78 is 11.5. The maximum absolute atomic E-state index is 13.9. The maximum Gasteiger partial charge on any atom is 0.256 e. The minimum Gasteiger partial charge on any atom is -0.497 e. The lowest BCUT2D eigenvalue weighted by Crippen LogP contribution is -2.59. The third-order valence-electron chi connectivity index (χ3n) is 7.36. The van der Waals surface area contributed by atoms with Crippen LogP contribution in [0, 0.1) is 0 Å². The molecule has 0 aromatic heterocycles. The van der Waals surface area contributed by atoms with Gasteiger partial charge in [0.2, 0.25) is 5.91 Å². The molecular weight excluding hydrogens is 518 g/mol. The summed E-state index contributed by atoms with van der Waals surface area (Å²) in [6.45, 7) is 1.12. The smallest absolute Gasteiger partial charge is 0.256 e. The zero-order valence-electron chi connectivity index (χ0n) is 21.6. The van der Waals surface area contributed by atoms with Gasteiger partial charge in [0.25, 0.3) is 11.8 Å². The van der Waals surface area contributed by atoms with Crippen LogP contribution >= 0.6 is 11.6 Å². The monoisotopic (exact) mass is 547 g/mol. The highest BCUT2D eigenvalue weighted by molar-refractivity contribution is 6.33. The van der Waals surface area contributed by atoms with Crippen LogP contribution in [0.2, 0.25) is 5.02 Å². The number of likely N-dealkylation sites (tertiary alicyclic amines) is 1. The molecule has 2 saturated heterocycles. The predicted molar refractivity (Wildman–Crippen MR) is 147 cm³/mol. The topological polar surface area (TPSA) is 88.2 Å². The first-order valence-electron chi connectivity index (χ1n) is 12.9. The molecule has 1 N–H and O–H groups in total. The summed E-state index contributed by atoms with van der Waals surface area (Å²) in [5.41, 5.74) is 0.810. The van der Waals surface area contributed by atoms with Crippen LogP contribution in [0.5, 0.6) is 5.75 Å². The lowest BCUT2D eigenvalue weighted by molar-refractivity contribution is -0.128. The highest BCUT2D eigenvalue weighted by Crippen LogP contribution is 2.39. The Morgan fingerprint density at radius 3 is 2.28 bits per heavy atom. The van der Waals surface area contributed by atoms with Gasteiger partial charge in [-0.2, -0.15) is 0 Å². The molecule has 202 valence electrons. The number of nitrogens with one attached hydrogen (secondary N) is 1.